The Morgan fingerprint density at radius 1 is 1.04 bits per heavy atom. The van der Waals surface area contributed by atoms with Crippen molar-refractivity contribution in [3.63, 3.8) is 0 Å². The molecule has 3 rings (SSSR count). The fourth-order valence-corrected chi connectivity index (χ4v) is 4.98. The second-order valence-corrected chi connectivity index (χ2v) is 9.50. The van der Waals surface area contributed by atoms with Crippen LogP contribution in [-0.2, 0) is 16.3 Å². The van der Waals surface area contributed by atoms with Crippen molar-refractivity contribution in [1.82, 2.24) is 4.90 Å². The van der Waals surface area contributed by atoms with Crippen LogP contribution in [0.25, 0.3) is 11.1 Å². The molecule has 1 aliphatic rings. The van der Waals surface area contributed by atoms with Crippen LogP contribution in [0.4, 0.5) is 0 Å². The number of benzene rings is 2. The third kappa shape index (κ3) is 5.18. The predicted octanol–water partition coefficient (Wildman–Crippen LogP) is 3.54. The van der Waals surface area contributed by atoms with Gasteiger partial charge in [0.1, 0.15) is 0 Å². The number of rotatable bonds is 8. The standard InChI is InChI=1S/C22H29NO3S/c1-18-4-2-14-23(18)15-13-19-5-7-20(8-6-19)21-9-11-22(12-10-21)27(25,26)17-3-16-24/h5-12,18,24H,2-4,13-17H2,1H3. The first-order valence-corrected chi connectivity index (χ1v) is 11.4. The van der Waals surface area contributed by atoms with Crippen molar-refractivity contribution in [3.05, 3.63) is 54.1 Å². The maximum absolute atomic E-state index is 12.2. The molecule has 1 fully saturated rings. The molecular weight excluding hydrogens is 358 g/mol. The molecule has 1 N–H and O–H groups in total. The van der Waals surface area contributed by atoms with Crippen LogP contribution >= 0.6 is 0 Å². The summed E-state index contributed by atoms with van der Waals surface area (Å²) >= 11 is 0. The molecule has 0 radical (unpaired) electrons. The lowest BCUT2D eigenvalue weighted by Crippen LogP contribution is -2.28. The molecule has 0 spiro atoms. The maximum atomic E-state index is 12.2. The first-order valence-electron chi connectivity index (χ1n) is 9.76. The van der Waals surface area contributed by atoms with Crippen LogP contribution in [0.3, 0.4) is 0 Å². The SMILES string of the molecule is CC1CCCN1CCc1ccc(-c2ccc(S(=O)(=O)CCCO)cc2)cc1. The van der Waals surface area contributed by atoms with E-state index in [0.717, 1.165) is 24.1 Å². The van der Waals surface area contributed by atoms with E-state index in [4.69, 9.17) is 5.11 Å². The van der Waals surface area contributed by atoms with Gasteiger partial charge in [0.2, 0.25) is 0 Å². The van der Waals surface area contributed by atoms with E-state index in [2.05, 4.69) is 36.1 Å². The first-order chi connectivity index (χ1) is 13.0. The minimum Gasteiger partial charge on any atom is -0.396 e. The smallest absolute Gasteiger partial charge is 0.178 e. The Kier molecular flexibility index (Phi) is 6.68. The monoisotopic (exact) mass is 387 g/mol. The Labute approximate surface area is 162 Å². The van der Waals surface area contributed by atoms with E-state index in [-0.39, 0.29) is 18.8 Å². The zero-order valence-electron chi connectivity index (χ0n) is 16.0. The van der Waals surface area contributed by atoms with Gasteiger partial charge in [-0.25, -0.2) is 8.42 Å². The van der Waals surface area contributed by atoms with Crippen LogP contribution in [0.5, 0.6) is 0 Å². The number of likely N-dealkylation sites (tertiary alicyclic amines) is 1. The molecule has 146 valence electrons. The number of aliphatic hydroxyl groups excluding tert-OH is 1. The Morgan fingerprint density at radius 3 is 2.22 bits per heavy atom. The zero-order valence-corrected chi connectivity index (χ0v) is 16.8. The first kappa shape index (κ1) is 20.1. The minimum atomic E-state index is -3.31. The van der Waals surface area contributed by atoms with Crippen LogP contribution in [-0.4, -0.2) is 49.9 Å². The molecule has 27 heavy (non-hydrogen) atoms. The van der Waals surface area contributed by atoms with E-state index in [9.17, 15) is 8.42 Å². The second kappa shape index (κ2) is 9.00. The fraction of sp³-hybridized carbons (Fsp3) is 0.455. The molecule has 4 nitrogen and oxygen atoms in total. The van der Waals surface area contributed by atoms with Crippen molar-refractivity contribution in [1.29, 1.82) is 0 Å². The Morgan fingerprint density at radius 2 is 1.67 bits per heavy atom. The molecule has 1 unspecified atom stereocenters. The van der Waals surface area contributed by atoms with E-state index in [1.165, 1.54) is 24.9 Å². The lowest BCUT2D eigenvalue weighted by Gasteiger charge is -2.20. The highest BCUT2D eigenvalue weighted by molar-refractivity contribution is 7.91. The van der Waals surface area contributed by atoms with E-state index < -0.39 is 9.84 Å². The quantitative estimate of drug-likeness (QED) is 0.753. The largest absolute Gasteiger partial charge is 0.396 e. The van der Waals surface area contributed by atoms with E-state index in [0.29, 0.717) is 10.9 Å². The van der Waals surface area contributed by atoms with Gasteiger partial charge in [-0.05, 0) is 68.0 Å². The summed E-state index contributed by atoms with van der Waals surface area (Å²) in [6.07, 6.45) is 3.95. The molecule has 1 aliphatic heterocycles. The van der Waals surface area contributed by atoms with Crippen molar-refractivity contribution in [2.75, 3.05) is 25.4 Å². The molecule has 0 amide bonds. The minimum absolute atomic E-state index is 0.0207. The van der Waals surface area contributed by atoms with E-state index in [1.807, 2.05) is 12.1 Å². The average molecular weight is 388 g/mol. The van der Waals surface area contributed by atoms with Crippen molar-refractivity contribution < 1.29 is 13.5 Å². The number of aliphatic hydroxyl groups is 1. The summed E-state index contributed by atoms with van der Waals surface area (Å²) in [6, 6.07) is 16.3. The summed E-state index contributed by atoms with van der Waals surface area (Å²) in [5, 5.41) is 8.84. The summed E-state index contributed by atoms with van der Waals surface area (Å²) in [5.41, 5.74) is 3.43. The van der Waals surface area contributed by atoms with Crippen molar-refractivity contribution >= 4 is 9.84 Å². The third-order valence-electron chi connectivity index (χ3n) is 5.45. The summed E-state index contributed by atoms with van der Waals surface area (Å²) in [5.74, 6) is -0.0207. The molecule has 1 saturated heterocycles. The molecule has 2 aromatic carbocycles. The van der Waals surface area contributed by atoms with E-state index in [1.54, 1.807) is 12.1 Å². The van der Waals surface area contributed by atoms with Crippen molar-refractivity contribution in [2.24, 2.45) is 0 Å². The highest BCUT2D eigenvalue weighted by Crippen LogP contribution is 2.23. The highest BCUT2D eigenvalue weighted by Gasteiger charge is 2.19. The predicted molar refractivity (Wildman–Crippen MR) is 110 cm³/mol. The zero-order chi connectivity index (χ0) is 19.3. The van der Waals surface area contributed by atoms with Crippen molar-refractivity contribution in [2.45, 2.75) is 43.5 Å². The molecule has 1 atom stereocenters. The number of hydrogen-bond acceptors (Lipinski definition) is 4. The Balaban J connectivity index is 1.63. The maximum Gasteiger partial charge on any atom is 0.178 e. The van der Waals surface area contributed by atoms with Crippen LogP contribution in [0.1, 0.15) is 31.7 Å². The highest BCUT2D eigenvalue weighted by atomic mass is 32.2. The number of hydrogen-bond donors (Lipinski definition) is 1. The topological polar surface area (TPSA) is 57.6 Å². The van der Waals surface area contributed by atoms with Gasteiger partial charge in [0.15, 0.2) is 9.84 Å². The van der Waals surface area contributed by atoms with Gasteiger partial charge in [0, 0.05) is 19.2 Å². The molecule has 0 saturated carbocycles. The summed E-state index contributed by atoms with van der Waals surface area (Å²) in [7, 11) is -3.31. The summed E-state index contributed by atoms with van der Waals surface area (Å²) in [4.78, 5) is 2.88. The van der Waals surface area contributed by atoms with Gasteiger partial charge in [0.05, 0.1) is 10.6 Å². The number of sulfone groups is 1. The molecule has 0 aliphatic carbocycles. The molecule has 0 aromatic heterocycles. The lowest BCUT2D eigenvalue weighted by atomic mass is 10.0. The Bertz CT molecular complexity index is 829. The number of nitrogens with zero attached hydrogens (tertiary/aromatic N) is 1. The van der Waals surface area contributed by atoms with Crippen molar-refractivity contribution in [3.8, 4) is 11.1 Å². The summed E-state index contributed by atoms with van der Waals surface area (Å²) < 4.78 is 24.3. The second-order valence-electron chi connectivity index (χ2n) is 7.39. The third-order valence-corrected chi connectivity index (χ3v) is 7.27. The van der Waals surface area contributed by atoms with Gasteiger partial charge >= 0.3 is 0 Å². The van der Waals surface area contributed by atoms with Crippen LogP contribution in [0, 0.1) is 0 Å². The fourth-order valence-electron chi connectivity index (χ4n) is 3.69. The molecule has 2 aromatic rings. The normalized spacial score (nSPS) is 18.1. The molecule has 1 heterocycles. The van der Waals surface area contributed by atoms with Crippen LogP contribution < -0.4 is 0 Å². The van der Waals surface area contributed by atoms with Gasteiger partial charge in [-0.2, -0.15) is 0 Å². The van der Waals surface area contributed by atoms with Gasteiger partial charge < -0.3 is 10.0 Å². The molecule has 0 bridgehead atoms. The van der Waals surface area contributed by atoms with Gasteiger partial charge in [-0.15, -0.1) is 0 Å². The van der Waals surface area contributed by atoms with Gasteiger partial charge in [0.25, 0.3) is 0 Å². The van der Waals surface area contributed by atoms with Crippen LogP contribution in [0.15, 0.2) is 53.4 Å². The summed E-state index contributed by atoms with van der Waals surface area (Å²) in [6.45, 7) is 4.53. The average Bonchev–Trinajstić information content (AvgIpc) is 3.10. The molecular formula is C22H29NO3S. The van der Waals surface area contributed by atoms with Gasteiger partial charge in [-0.3, -0.25) is 0 Å². The lowest BCUT2D eigenvalue weighted by molar-refractivity contribution is 0.272. The molecule has 5 heteroatoms. The van der Waals surface area contributed by atoms with Crippen LogP contribution in [0.2, 0.25) is 0 Å². The van der Waals surface area contributed by atoms with E-state index >= 15 is 0 Å². The van der Waals surface area contributed by atoms with Gasteiger partial charge in [-0.1, -0.05) is 36.4 Å². The Hall–Kier alpha value is -1.69.